The molecule has 1 aromatic heterocycles. The van der Waals surface area contributed by atoms with Crippen LogP contribution < -0.4 is 16.2 Å². The number of amides is 2. The number of carbonyl (C=O) groups is 2. The van der Waals surface area contributed by atoms with Crippen LogP contribution in [0.15, 0.2) is 17.1 Å². The molecule has 0 aromatic carbocycles. The summed E-state index contributed by atoms with van der Waals surface area (Å²) in [5.74, 6) is -0.977. The summed E-state index contributed by atoms with van der Waals surface area (Å²) in [5, 5.41) is 4.57. The number of hydrogen-bond donors (Lipinski definition) is 3. The number of H-pyrrole nitrogens is 1. The molecule has 132 valence electrons. The molecule has 24 heavy (non-hydrogen) atoms. The number of pyridine rings is 1. The smallest absolute Gasteiger partial charge is 0.417 e. The van der Waals surface area contributed by atoms with Gasteiger partial charge in [0.2, 0.25) is 0 Å². The topological polar surface area (TPSA) is 100 Å². The van der Waals surface area contributed by atoms with Crippen LogP contribution in [0.2, 0.25) is 0 Å². The van der Waals surface area contributed by atoms with Gasteiger partial charge >= 0.3 is 18.2 Å². The van der Waals surface area contributed by atoms with E-state index in [2.05, 4.69) is 15.4 Å². The van der Waals surface area contributed by atoms with E-state index in [4.69, 9.17) is 0 Å². The Morgan fingerprint density at radius 3 is 2.67 bits per heavy atom. The van der Waals surface area contributed by atoms with Crippen LogP contribution in [0.1, 0.15) is 24.8 Å². The quantitative estimate of drug-likeness (QED) is 0.727. The molecule has 0 radical (unpaired) electrons. The maximum atomic E-state index is 12.6. The zero-order chi connectivity index (χ0) is 17.9. The van der Waals surface area contributed by atoms with Crippen molar-refractivity contribution in [1.29, 1.82) is 0 Å². The number of halogens is 3. The van der Waals surface area contributed by atoms with Crippen LogP contribution in [0.4, 0.5) is 23.7 Å². The van der Waals surface area contributed by atoms with Gasteiger partial charge in [0.25, 0.3) is 5.56 Å². The Hall–Kier alpha value is -2.52. The first-order valence-electron chi connectivity index (χ1n) is 7.17. The summed E-state index contributed by atoms with van der Waals surface area (Å²) in [6.45, 7) is 0. The number of aromatic amines is 1. The van der Waals surface area contributed by atoms with E-state index in [9.17, 15) is 27.6 Å². The number of urea groups is 1. The molecule has 1 heterocycles. The standard InChI is InChI=1S/C14H16F3N3O4/c1-24-12(22)8-3-2-4-9(8)19-13(23)20-10-5-7(14(15,16)17)6-18-11(10)21/h5-6,8-9H,2-4H2,1H3,(H,18,21)(H2,19,20,23)/t8-,9+/m0/s1. The summed E-state index contributed by atoms with van der Waals surface area (Å²) in [5.41, 5.74) is -2.49. The molecule has 0 aliphatic heterocycles. The third-order valence-corrected chi connectivity index (χ3v) is 3.82. The average Bonchev–Trinajstić information content (AvgIpc) is 2.95. The fourth-order valence-electron chi connectivity index (χ4n) is 2.63. The highest BCUT2D eigenvalue weighted by molar-refractivity contribution is 5.89. The first-order chi connectivity index (χ1) is 11.2. The van der Waals surface area contributed by atoms with Crippen molar-refractivity contribution < 1.29 is 27.5 Å². The molecular formula is C14H16F3N3O4. The monoisotopic (exact) mass is 347 g/mol. The number of nitrogens with one attached hydrogen (secondary N) is 3. The average molecular weight is 347 g/mol. The number of carbonyl (C=O) groups excluding carboxylic acids is 2. The maximum Gasteiger partial charge on any atom is 0.417 e. The molecule has 3 N–H and O–H groups in total. The van der Waals surface area contributed by atoms with Gasteiger partial charge in [-0.25, -0.2) is 4.79 Å². The Bertz CT molecular complexity index is 687. The summed E-state index contributed by atoms with van der Waals surface area (Å²) >= 11 is 0. The minimum atomic E-state index is -4.65. The minimum absolute atomic E-state index is 0.463. The number of esters is 1. The van der Waals surface area contributed by atoms with E-state index < -0.39 is 46.9 Å². The molecule has 0 saturated heterocycles. The number of aromatic nitrogens is 1. The molecule has 0 bridgehead atoms. The van der Waals surface area contributed by atoms with Crippen LogP contribution in [-0.2, 0) is 15.7 Å². The Kier molecular flexibility index (Phi) is 5.15. The molecule has 1 aromatic rings. The predicted octanol–water partition coefficient (Wildman–Crippen LogP) is 1.86. The fourth-order valence-corrected chi connectivity index (χ4v) is 2.63. The molecule has 1 fully saturated rings. The van der Waals surface area contributed by atoms with Gasteiger partial charge in [-0.3, -0.25) is 9.59 Å². The maximum absolute atomic E-state index is 12.6. The lowest BCUT2D eigenvalue weighted by molar-refractivity contribution is -0.145. The highest BCUT2D eigenvalue weighted by Crippen LogP contribution is 2.29. The van der Waals surface area contributed by atoms with Crippen molar-refractivity contribution in [3.8, 4) is 0 Å². The summed E-state index contributed by atoms with van der Waals surface area (Å²) in [4.78, 5) is 37.0. The molecule has 0 spiro atoms. The van der Waals surface area contributed by atoms with E-state index in [0.717, 1.165) is 0 Å². The lowest BCUT2D eigenvalue weighted by Gasteiger charge is -2.19. The number of ether oxygens (including phenoxy) is 1. The molecule has 7 nitrogen and oxygen atoms in total. The van der Waals surface area contributed by atoms with E-state index in [1.165, 1.54) is 7.11 Å². The SMILES string of the molecule is COC(=O)[C@H]1CCC[C@H]1NC(=O)Nc1cc(C(F)(F)F)c[nH]c1=O. The van der Waals surface area contributed by atoms with Crippen molar-refractivity contribution in [3.63, 3.8) is 0 Å². The second-order valence-electron chi connectivity index (χ2n) is 5.39. The van der Waals surface area contributed by atoms with E-state index >= 15 is 0 Å². The van der Waals surface area contributed by atoms with E-state index in [1.54, 1.807) is 0 Å². The van der Waals surface area contributed by atoms with Crippen LogP contribution in [0.5, 0.6) is 0 Å². The van der Waals surface area contributed by atoms with Crippen molar-refractivity contribution in [2.24, 2.45) is 5.92 Å². The Labute approximate surface area is 134 Å². The van der Waals surface area contributed by atoms with Gasteiger partial charge in [0.05, 0.1) is 18.6 Å². The molecule has 2 amide bonds. The summed E-state index contributed by atoms with van der Waals surface area (Å²) in [7, 11) is 1.24. The largest absolute Gasteiger partial charge is 0.469 e. The lowest BCUT2D eigenvalue weighted by Crippen LogP contribution is -2.43. The van der Waals surface area contributed by atoms with Gasteiger partial charge in [0.1, 0.15) is 5.69 Å². The first-order valence-corrected chi connectivity index (χ1v) is 7.17. The molecular weight excluding hydrogens is 331 g/mol. The number of rotatable bonds is 3. The first kappa shape index (κ1) is 17.8. The van der Waals surface area contributed by atoms with Gasteiger partial charge in [0.15, 0.2) is 0 Å². The molecule has 10 heteroatoms. The Morgan fingerprint density at radius 1 is 1.33 bits per heavy atom. The van der Waals surface area contributed by atoms with Crippen LogP contribution in [0, 0.1) is 5.92 Å². The van der Waals surface area contributed by atoms with Crippen LogP contribution in [0.25, 0.3) is 0 Å². The molecule has 1 aliphatic carbocycles. The van der Waals surface area contributed by atoms with Crippen molar-refractivity contribution >= 4 is 17.7 Å². The summed E-state index contributed by atoms with van der Waals surface area (Å²) in [6.07, 6.45) is -2.35. The van der Waals surface area contributed by atoms with E-state index in [1.807, 2.05) is 4.98 Å². The Morgan fingerprint density at radius 2 is 2.04 bits per heavy atom. The minimum Gasteiger partial charge on any atom is -0.469 e. The number of methoxy groups -OCH3 is 1. The molecule has 0 unspecified atom stereocenters. The lowest BCUT2D eigenvalue weighted by atomic mass is 10.0. The molecule has 1 saturated carbocycles. The normalized spacial score (nSPS) is 20.5. The van der Waals surface area contributed by atoms with Gasteiger partial charge in [-0.05, 0) is 18.9 Å². The van der Waals surface area contributed by atoms with E-state index in [-0.39, 0.29) is 0 Å². The second-order valence-corrected chi connectivity index (χ2v) is 5.39. The number of alkyl halides is 3. The van der Waals surface area contributed by atoms with Crippen LogP contribution in [0.3, 0.4) is 0 Å². The summed E-state index contributed by atoms with van der Waals surface area (Å²) in [6, 6.07) is -0.812. The third-order valence-electron chi connectivity index (χ3n) is 3.82. The van der Waals surface area contributed by atoms with Gasteiger partial charge in [-0.15, -0.1) is 0 Å². The van der Waals surface area contributed by atoms with Crippen LogP contribution in [-0.4, -0.2) is 30.1 Å². The van der Waals surface area contributed by atoms with Gasteiger partial charge in [0, 0.05) is 12.2 Å². The van der Waals surface area contributed by atoms with Gasteiger partial charge < -0.3 is 20.4 Å². The molecule has 2 atom stereocenters. The van der Waals surface area contributed by atoms with Crippen molar-refractivity contribution in [3.05, 3.63) is 28.2 Å². The Balaban J connectivity index is 2.07. The molecule has 2 rings (SSSR count). The summed E-state index contributed by atoms with van der Waals surface area (Å²) < 4.78 is 42.6. The number of hydrogen-bond acceptors (Lipinski definition) is 4. The number of anilines is 1. The highest BCUT2D eigenvalue weighted by atomic mass is 19.4. The van der Waals surface area contributed by atoms with Crippen LogP contribution >= 0.6 is 0 Å². The second kappa shape index (κ2) is 6.93. The van der Waals surface area contributed by atoms with Crippen molar-refractivity contribution in [2.75, 3.05) is 12.4 Å². The van der Waals surface area contributed by atoms with Gasteiger partial charge in [-0.2, -0.15) is 13.2 Å². The zero-order valence-electron chi connectivity index (χ0n) is 12.7. The highest BCUT2D eigenvalue weighted by Gasteiger charge is 2.35. The fraction of sp³-hybridized carbons (Fsp3) is 0.500. The van der Waals surface area contributed by atoms with E-state index in [0.29, 0.717) is 31.5 Å². The van der Waals surface area contributed by atoms with Crippen molar-refractivity contribution in [2.45, 2.75) is 31.5 Å². The zero-order valence-corrected chi connectivity index (χ0v) is 12.7. The van der Waals surface area contributed by atoms with Crippen molar-refractivity contribution in [1.82, 2.24) is 10.3 Å². The third kappa shape index (κ3) is 4.06. The predicted molar refractivity (Wildman–Crippen MR) is 77.4 cm³/mol. The van der Waals surface area contributed by atoms with Gasteiger partial charge in [-0.1, -0.05) is 6.42 Å². The molecule has 1 aliphatic rings.